The molecule has 4 aliphatic carbocycles. The topological polar surface area (TPSA) is 20.2 Å². The van der Waals surface area contributed by atoms with Crippen molar-refractivity contribution in [1.82, 2.24) is 0 Å². The fourth-order valence-corrected chi connectivity index (χ4v) is 5.58. The van der Waals surface area contributed by atoms with E-state index in [0.717, 1.165) is 17.4 Å². The summed E-state index contributed by atoms with van der Waals surface area (Å²) in [4.78, 5) is 0. The molecule has 4 fully saturated rings. The highest BCUT2D eigenvalue weighted by Crippen LogP contribution is 2.59. The lowest BCUT2D eigenvalue weighted by molar-refractivity contribution is -0.0915. The predicted octanol–water partition coefficient (Wildman–Crippen LogP) is 4.24. The molecule has 4 aliphatic rings. The zero-order chi connectivity index (χ0) is 13.9. The van der Waals surface area contributed by atoms with E-state index in [9.17, 15) is 9.50 Å². The maximum absolute atomic E-state index is 14.1. The van der Waals surface area contributed by atoms with Crippen molar-refractivity contribution in [3.63, 3.8) is 0 Å². The van der Waals surface area contributed by atoms with Crippen molar-refractivity contribution in [2.75, 3.05) is 0 Å². The summed E-state index contributed by atoms with van der Waals surface area (Å²) in [6.45, 7) is 1.96. The zero-order valence-electron chi connectivity index (χ0n) is 12.1. The van der Waals surface area contributed by atoms with E-state index in [-0.39, 0.29) is 5.82 Å². The van der Waals surface area contributed by atoms with Gasteiger partial charge in [0.05, 0.1) is 6.10 Å². The summed E-state index contributed by atoms with van der Waals surface area (Å²) in [5.74, 6) is 3.09. The Morgan fingerprint density at radius 1 is 1.05 bits per heavy atom. The second-order valence-corrected chi connectivity index (χ2v) is 7.48. The van der Waals surface area contributed by atoms with Crippen LogP contribution in [0.4, 0.5) is 4.39 Å². The van der Waals surface area contributed by atoms with E-state index in [4.69, 9.17) is 0 Å². The lowest BCUT2D eigenvalue weighted by atomic mass is 9.50. The molecule has 4 bridgehead atoms. The molecule has 0 amide bonds. The Labute approximate surface area is 120 Å². The second kappa shape index (κ2) is 4.56. The molecule has 108 valence electrons. The minimum atomic E-state index is -0.607. The van der Waals surface area contributed by atoms with Crippen LogP contribution in [0.3, 0.4) is 0 Å². The average Bonchev–Trinajstić information content (AvgIpc) is 2.40. The van der Waals surface area contributed by atoms with E-state index < -0.39 is 6.10 Å². The third-order valence-electron chi connectivity index (χ3n) is 6.13. The molecule has 0 heterocycles. The van der Waals surface area contributed by atoms with Gasteiger partial charge in [0.2, 0.25) is 0 Å². The molecule has 1 unspecified atom stereocenters. The Kier molecular flexibility index (Phi) is 2.92. The standard InChI is InChI=1S/C18H23FO/c1-10-2-3-16(19)15(4-10)18(20)17-13-6-11-5-12(8-13)9-14(17)7-11/h2-4,11-14,17-18,20H,5-9H2,1H3. The third kappa shape index (κ3) is 1.92. The number of hydrogen-bond acceptors (Lipinski definition) is 1. The van der Waals surface area contributed by atoms with Gasteiger partial charge in [0.15, 0.2) is 0 Å². The maximum Gasteiger partial charge on any atom is 0.129 e. The van der Waals surface area contributed by atoms with Crippen molar-refractivity contribution in [2.24, 2.45) is 29.6 Å². The van der Waals surface area contributed by atoms with Gasteiger partial charge in [-0.3, -0.25) is 0 Å². The van der Waals surface area contributed by atoms with Crippen LogP contribution in [0.1, 0.15) is 49.3 Å². The van der Waals surface area contributed by atoms with Gasteiger partial charge in [-0.25, -0.2) is 4.39 Å². The van der Waals surface area contributed by atoms with E-state index >= 15 is 0 Å². The molecule has 0 aromatic heterocycles. The van der Waals surface area contributed by atoms with Crippen LogP contribution >= 0.6 is 0 Å². The molecular weight excluding hydrogens is 251 g/mol. The quantitative estimate of drug-likeness (QED) is 0.855. The number of hydrogen-bond donors (Lipinski definition) is 1. The highest BCUT2D eigenvalue weighted by molar-refractivity contribution is 5.27. The summed E-state index contributed by atoms with van der Waals surface area (Å²) < 4.78 is 14.1. The molecule has 2 heteroatoms. The number of benzene rings is 1. The van der Waals surface area contributed by atoms with Crippen molar-refractivity contribution in [1.29, 1.82) is 0 Å². The summed E-state index contributed by atoms with van der Waals surface area (Å²) in [6, 6.07) is 5.12. The van der Waals surface area contributed by atoms with Crippen molar-refractivity contribution < 1.29 is 9.50 Å². The molecule has 1 nitrogen and oxygen atoms in total. The molecule has 0 saturated heterocycles. The maximum atomic E-state index is 14.1. The molecule has 0 radical (unpaired) electrons. The first-order valence-corrected chi connectivity index (χ1v) is 8.06. The highest BCUT2D eigenvalue weighted by atomic mass is 19.1. The Hall–Kier alpha value is -0.890. The molecule has 5 rings (SSSR count). The Balaban J connectivity index is 1.65. The normalized spacial score (nSPS) is 40.0. The number of aliphatic hydroxyl groups is 1. The van der Waals surface area contributed by atoms with Crippen molar-refractivity contribution in [2.45, 2.75) is 45.1 Å². The van der Waals surface area contributed by atoms with Gasteiger partial charge >= 0.3 is 0 Å². The third-order valence-corrected chi connectivity index (χ3v) is 6.13. The van der Waals surface area contributed by atoms with Crippen LogP contribution in [0.2, 0.25) is 0 Å². The lowest BCUT2D eigenvalue weighted by Gasteiger charge is -2.55. The highest BCUT2D eigenvalue weighted by Gasteiger charge is 2.50. The molecule has 0 spiro atoms. The summed E-state index contributed by atoms with van der Waals surface area (Å²) in [5, 5.41) is 10.8. The fraction of sp³-hybridized carbons (Fsp3) is 0.667. The van der Waals surface area contributed by atoms with Crippen LogP contribution in [0.5, 0.6) is 0 Å². The molecule has 1 atom stereocenters. The lowest BCUT2D eigenvalue weighted by Crippen LogP contribution is -2.47. The van der Waals surface area contributed by atoms with E-state index in [0.29, 0.717) is 23.3 Å². The van der Waals surface area contributed by atoms with Gasteiger partial charge in [0.1, 0.15) is 5.82 Å². The molecule has 1 aromatic carbocycles. The second-order valence-electron chi connectivity index (χ2n) is 7.48. The molecule has 20 heavy (non-hydrogen) atoms. The summed E-state index contributed by atoms with van der Waals surface area (Å²) in [6.07, 6.45) is 5.87. The predicted molar refractivity (Wildman–Crippen MR) is 76.6 cm³/mol. The van der Waals surface area contributed by atoms with Crippen molar-refractivity contribution >= 4 is 0 Å². The van der Waals surface area contributed by atoms with Crippen LogP contribution in [0.15, 0.2) is 18.2 Å². The van der Waals surface area contributed by atoms with Gasteiger partial charge in [-0.15, -0.1) is 0 Å². The Bertz CT molecular complexity index is 496. The van der Waals surface area contributed by atoms with Crippen molar-refractivity contribution in [3.8, 4) is 0 Å². The van der Waals surface area contributed by atoms with Crippen LogP contribution < -0.4 is 0 Å². The van der Waals surface area contributed by atoms with Crippen molar-refractivity contribution in [3.05, 3.63) is 35.1 Å². The van der Waals surface area contributed by atoms with Crippen LogP contribution in [-0.2, 0) is 0 Å². The molecular formula is C18H23FO. The molecule has 1 aromatic rings. The number of aliphatic hydroxyl groups excluding tert-OH is 1. The zero-order valence-corrected chi connectivity index (χ0v) is 12.1. The molecule has 0 aliphatic heterocycles. The Morgan fingerprint density at radius 3 is 2.25 bits per heavy atom. The average molecular weight is 274 g/mol. The molecule has 1 N–H and O–H groups in total. The largest absolute Gasteiger partial charge is 0.388 e. The van der Waals surface area contributed by atoms with Gasteiger partial charge < -0.3 is 5.11 Å². The van der Waals surface area contributed by atoms with Gasteiger partial charge in [0.25, 0.3) is 0 Å². The number of halogens is 1. The minimum Gasteiger partial charge on any atom is -0.388 e. The summed E-state index contributed by atoms with van der Waals surface area (Å²) >= 11 is 0. The summed E-state index contributed by atoms with van der Waals surface area (Å²) in [7, 11) is 0. The molecule has 4 saturated carbocycles. The number of rotatable bonds is 2. The first-order chi connectivity index (χ1) is 9.61. The SMILES string of the molecule is Cc1ccc(F)c(C(O)C2C3CC4CC(C3)CC2C4)c1. The van der Waals surface area contributed by atoms with E-state index in [1.807, 2.05) is 13.0 Å². The monoisotopic (exact) mass is 274 g/mol. The van der Waals surface area contributed by atoms with E-state index in [1.165, 1.54) is 38.2 Å². The first-order valence-electron chi connectivity index (χ1n) is 8.06. The Morgan fingerprint density at radius 2 is 1.65 bits per heavy atom. The fourth-order valence-electron chi connectivity index (χ4n) is 5.58. The van der Waals surface area contributed by atoms with E-state index in [1.54, 1.807) is 6.07 Å². The van der Waals surface area contributed by atoms with E-state index in [2.05, 4.69) is 0 Å². The smallest absolute Gasteiger partial charge is 0.129 e. The van der Waals surface area contributed by atoms with Gasteiger partial charge in [-0.05, 0) is 74.7 Å². The first kappa shape index (κ1) is 12.8. The van der Waals surface area contributed by atoms with Crippen LogP contribution in [0.25, 0.3) is 0 Å². The van der Waals surface area contributed by atoms with Gasteiger partial charge in [0, 0.05) is 5.56 Å². The van der Waals surface area contributed by atoms with Gasteiger partial charge in [-0.1, -0.05) is 17.7 Å². The summed E-state index contributed by atoms with van der Waals surface area (Å²) in [5.41, 5.74) is 1.56. The van der Waals surface area contributed by atoms with Gasteiger partial charge in [-0.2, -0.15) is 0 Å². The minimum absolute atomic E-state index is 0.239. The van der Waals surface area contributed by atoms with Crippen LogP contribution in [0, 0.1) is 42.3 Å². The number of aryl methyl sites for hydroxylation is 1. The van der Waals surface area contributed by atoms with Crippen LogP contribution in [-0.4, -0.2) is 5.11 Å².